The molecule has 0 saturated carbocycles. The van der Waals surface area contributed by atoms with Gasteiger partial charge >= 0.3 is 6.18 Å². The van der Waals surface area contributed by atoms with E-state index in [2.05, 4.69) is 19.8 Å². The van der Waals surface area contributed by atoms with E-state index in [1.807, 2.05) is 11.0 Å². The van der Waals surface area contributed by atoms with Crippen LogP contribution < -0.4 is 4.90 Å². The number of anilines is 1. The van der Waals surface area contributed by atoms with Crippen molar-refractivity contribution in [3.63, 3.8) is 0 Å². The van der Waals surface area contributed by atoms with Gasteiger partial charge in [-0.2, -0.15) is 13.2 Å². The van der Waals surface area contributed by atoms with Crippen molar-refractivity contribution >= 4 is 17.3 Å². The lowest BCUT2D eigenvalue weighted by Crippen LogP contribution is -2.56. The van der Waals surface area contributed by atoms with Gasteiger partial charge in [-0.3, -0.25) is 14.7 Å². The van der Waals surface area contributed by atoms with Crippen LogP contribution in [0.4, 0.5) is 19.0 Å². The minimum atomic E-state index is -4.36. The Morgan fingerprint density at radius 1 is 1.12 bits per heavy atom. The molecule has 5 rings (SSSR count). The lowest BCUT2D eigenvalue weighted by atomic mass is 9.97. The number of amides is 1. The van der Waals surface area contributed by atoms with Crippen LogP contribution in [0, 0.1) is 0 Å². The molecule has 2 saturated heterocycles. The number of hydrogen-bond acceptors (Lipinski definition) is 5. The van der Waals surface area contributed by atoms with Crippen molar-refractivity contribution in [2.45, 2.75) is 37.5 Å². The number of halogens is 3. The summed E-state index contributed by atoms with van der Waals surface area (Å²) in [5, 5.41) is 0. The van der Waals surface area contributed by atoms with Gasteiger partial charge in [-0.1, -0.05) is 18.2 Å². The Labute approximate surface area is 190 Å². The van der Waals surface area contributed by atoms with Crippen LogP contribution >= 0.6 is 0 Å². The highest BCUT2D eigenvalue weighted by molar-refractivity contribution is 5.80. The Balaban J connectivity index is 1.20. The maximum Gasteiger partial charge on any atom is 0.416 e. The van der Waals surface area contributed by atoms with Crippen molar-refractivity contribution < 1.29 is 18.0 Å². The summed E-state index contributed by atoms with van der Waals surface area (Å²) in [5.41, 5.74) is 0.799. The third kappa shape index (κ3) is 4.59. The van der Waals surface area contributed by atoms with E-state index in [0.717, 1.165) is 43.4 Å². The number of piperazine rings is 1. The van der Waals surface area contributed by atoms with E-state index in [4.69, 9.17) is 0 Å². The van der Waals surface area contributed by atoms with Crippen molar-refractivity contribution in [1.29, 1.82) is 0 Å². The fourth-order valence-electron chi connectivity index (χ4n) is 5.20. The summed E-state index contributed by atoms with van der Waals surface area (Å²) in [4.78, 5) is 28.0. The number of hydrogen-bond donors (Lipinski definition) is 0. The second-order valence-electron chi connectivity index (χ2n) is 8.92. The molecule has 9 heteroatoms. The van der Waals surface area contributed by atoms with Gasteiger partial charge in [0.2, 0.25) is 5.91 Å². The van der Waals surface area contributed by atoms with Gasteiger partial charge in [0.25, 0.3) is 0 Å². The average molecular weight is 458 g/mol. The number of carbonyl (C=O) groups excluding carboxylic acids is 1. The first-order valence-electron chi connectivity index (χ1n) is 11.3. The SMILES string of the molecule is O=C(CN1C2CCC1CN(c1cnccn1)C2)N1CC=C(c2cccc(C(F)(F)F)c2)CC1. The summed E-state index contributed by atoms with van der Waals surface area (Å²) in [5.74, 6) is 0.961. The summed E-state index contributed by atoms with van der Waals surface area (Å²) < 4.78 is 39.1. The van der Waals surface area contributed by atoms with E-state index in [9.17, 15) is 18.0 Å². The minimum absolute atomic E-state index is 0.0826. The lowest BCUT2D eigenvalue weighted by Gasteiger charge is -2.41. The maximum atomic E-state index is 13.0. The summed E-state index contributed by atoms with van der Waals surface area (Å²) in [7, 11) is 0. The number of alkyl halides is 3. The Hall–Kier alpha value is -2.94. The summed E-state index contributed by atoms with van der Waals surface area (Å²) in [6.07, 6.45) is 5.36. The van der Waals surface area contributed by atoms with Crippen LogP contribution in [0.5, 0.6) is 0 Å². The first-order valence-corrected chi connectivity index (χ1v) is 11.3. The van der Waals surface area contributed by atoms with Crippen molar-refractivity contribution in [2.24, 2.45) is 0 Å². The molecule has 1 amide bonds. The van der Waals surface area contributed by atoms with Gasteiger partial charge in [0, 0.05) is 50.7 Å². The Kier molecular flexibility index (Phi) is 5.82. The van der Waals surface area contributed by atoms with Crippen LogP contribution in [0.25, 0.3) is 5.57 Å². The number of rotatable bonds is 4. The highest BCUT2D eigenvalue weighted by Gasteiger charge is 2.41. The van der Waals surface area contributed by atoms with E-state index < -0.39 is 11.7 Å². The van der Waals surface area contributed by atoms with Crippen LogP contribution in [0.15, 0.2) is 48.9 Å². The molecule has 0 aliphatic carbocycles. The van der Waals surface area contributed by atoms with Crippen molar-refractivity contribution in [3.8, 4) is 0 Å². The van der Waals surface area contributed by atoms with Crippen molar-refractivity contribution in [1.82, 2.24) is 19.8 Å². The maximum absolute atomic E-state index is 13.0. The van der Waals surface area contributed by atoms with E-state index >= 15 is 0 Å². The predicted octanol–water partition coefficient (Wildman–Crippen LogP) is 3.46. The zero-order valence-corrected chi connectivity index (χ0v) is 18.2. The quantitative estimate of drug-likeness (QED) is 0.704. The van der Waals surface area contributed by atoms with Crippen LogP contribution in [0.1, 0.15) is 30.4 Å². The number of nitrogens with zero attached hydrogens (tertiary/aromatic N) is 5. The van der Waals surface area contributed by atoms with E-state index in [0.29, 0.717) is 43.7 Å². The van der Waals surface area contributed by atoms with Crippen LogP contribution in [-0.4, -0.2) is 70.5 Å². The van der Waals surface area contributed by atoms with Gasteiger partial charge < -0.3 is 9.80 Å². The smallest absolute Gasteiger partial charge is 0.352 e. The second-order valence-corrected chi connectivity index (χ2v) is 8.92. The Bertz CT molecular complexity index is 1030. The van der Waals surface area contributed by atoms with E-state index in [1.165, 1.54) is 12.1 Å². The van der Waals surface area contributed by atoms with E-state index in [1.54, 1.807) is 24.7 Å². The third-order valence-corrected chi connectivity index (χ3v) is 6.95. The molecule has 2 fully saturated rings. The zero-order chi connectivity index (χ0) is 23.0. The minimum Gasteiger partial charge on any atom is -0.352 e. The van der Waals surface area contributed by atoms with E-state index in [-0.39, 0.29) is 5.91 Å². The molecule has 0 radical (unpaired) electrons. The molecule has 1 aromatic heterocycles. The van der Waals surface area contributed by atoms with Crippen LogP contribution in [0.2, 0.25) is 0 Å². The Morgan fingerprint density at radius 2 is 1.91 bits per heavy atom. The molecular formula is C24H26F3N5O. The largest absolute Gasteiger partial charge is 0.416 e. The van der Waals surface area contributed by atoms with Gasteiger partial charge in [-0.25, -0.2) is 4.98 Å². The lowest BCUT2D eigenvalue weighted by molar-refractivity contribution is -0.137. The predicted molar refractivity (Wildman–Crippen MR) is 118 cm³/mol. The number of fused-ring (bicyclic) bond motifs is 2. The molecule has 4 heterocycles. The van der Waals surface area contributed by atoms with Crippen molar-refractivity contribution in [2.75, 3.05) is 37.6 Å². The third-order valence-electron chi connectivity index (χ3n) is 6.95. The second kappa shape index (κ2) is 8.78. The molecule has 2 atom stereocenters. The van der Waals surface area contributed by atoms with Gasteiger partial charge in [-0.05, 0) is 42.5 Å². The highest BCUT2D eigenvalue weighted by atomic mass is 19.4. The van der Waals surface area contributed by atoms with Gasteiger partial charge in [0.1, 0.15) is 5.82 Å². The molecule has 174 valence electrons. The molecule has 1 aromatic carbocycles. The Morgan fingerprint density at radius 3 is 2.55 bits per heavy atom. The summed E-state index contributed by atoms with van der Waals surface area (Å²) in [6.45, 7) is 3.01. The molecule has 33 heavy (non-hydrogen) atoms. The summed E-state index contributed by atoms with van der Waals surface area (Å²) in [6, 6.07) is 6.05. The van der Waals surface area contributed by atoms with Gasteiger partial charge in [0.15, 0.2) is 0 Å². The first-order chi connectivity index (χ1) is 15.9. The monoisotopic (exact) mass is 457 g/mol. The average Bonchev–Trinajstić information content (AvgIpc) is 3.05. The van der Waals surface area contributed by atoms with Gasteiger partial charge in [0.05, 0.1) is 18.3 Å². The number of benzene rings is 1. The van der Waals surface area contributed by atoms with Gasteiger partial charge in [-0.15, -0.1) is 0 Å². The molecule has 3 aliphatic rings. The summed E-state index contributed by atoms with van der Waals surface area (Å²) >= 11 is 0. The van der Waals surface area contributed by atoms with Crippen molar-refractivity contribution in [3.05, 3.63) is 60.1 Å². The molecule has 0 spiro atoms. The standard InChI is InChI=1S/C24H26F3N5O/c25-24(26,27)19-3-1-2-18(12-19)17-6-10-30(11-7-17)23(33)16-32-20-4-5-21(32)15-31(14-20)22-13-28-8-9-29-22/h1-3,6,8-9,12-13,20-21H,4-5,7,10-11,14-16H2. The number of carbonyl (C=O) groups is 1. The molecule has 0 N–H and O–H groups in total. The van der Waals surface area contributed by atoms with Crippen LogP contribution in [0.3, 0.4) is 0 Å². The molecule has 2 aromatic rings. The fourth-order valence-corrected chi connectivity index (χ4v) is 5.20. The fraction of sp³-hybridized carbons (Fsp3) is 0.458. The number of aromatic nitrogens is 2. The zero-order valence-electron chi connectivity index (χ0n) is 18.2. The molecule has 2 bridgehead atoms. The molecule has 6 nitrogen and oxygen atoms in total. The van der Waals surface area contributed by atoms with Crippen LogP contribution in [-0.2, 0) is 11.0 Å². The topological polar surface area (TPSA) is 52.6 Å². The highest BCUT2D eigenvalue weighted by Crippen LogP contribution is 2.33. The normalized spacial score (nSPS) is 23.5. The molecule has 3 aliphatic heterocycles. The molecule has 2 unspecified atom stereocenters. The molecular weight excluding hydrogens is 431 g/mol. The first kappa shape index (κ1) is 21.9.